The molecule has 0 aromatic rings. The number of nitrogens with one attached hydrogen (secondary N) is 2. The van der Waals surface area contributed by atoms with Crippen LogP contribution in [0.1, 0.15) is 40.0 Å². The topological polar surface area (TPSA) is 61.4 Å². The molecule has 1 heterocycles. The Labute approximate surface area is 109 Å². The van der Waals surface area contributed by atoms with E-state index in [4.69, 9.17) is 0 Å². The second kappa shape index (κ2) is 6.73. The first-order valence-electron chi connectivity index (χ1n) is 6.84. The van der Waals surface area contributed by atoms with Gasteiger partial charge in [0.25, 0.3) is 0 Å². The van der Waals surface area contributed by atoms with Gasteiger partial charge in [-0.15, -0.1) is 0 Å². The van der Waals surface area contributed by atoms with Crippen LogP contribution in [-0.2, 0) is 9.59 Å². The molecule has 1 saturated heterocycles. The first kappa shape index (κ1) is 15.0. The molecule has 18 heavy (non-hydrogen) atoms. The number of hydrogen-bond donors (Lipinski definition) is 2. The van der Waals surface area contributed by atoms with Crippen LogP contribution in [0.2, 0.25) is 0 Å². The van der Waals surface area contributed by atoms with Crippen molar-refractivity contribution in [3.05, 3.63) is 0 Å². The molecule has 2 N–H and O–H groups in total. The third-order valence-electron chi connectivity index (χ3n) is 3.61. The van der Waals surface area contributed by atoms with Crippen LogP contribution in [0.15, 0.2) is 0 Å². The van der Waals surface area contributed by atoms with E-state index in [1.807, 2.05) is 20.8 Å². The SMILES string of the molecule is CCN(CC)C(=O)CCNC(=O)C1(C)CCCN1. The van der Waals surface area contributed by atoms with E-state index in [9.17, 15) is 9.59 Å². The molecule has 1 aliphatic rings. The van der Waals surface area contributed by atoms with Crippen LogP contribution in [0.3, 0.4) is 0 Å². The zero-order valence-electron chi connectivity index (χ0n) is 11.7. The third kappa shape index (κ3) is 3.70. The van der Waals surface area contributed by atoms with Gasteiger partial charge in [-0.1, -0.05) is 0 Å². The van der Waals surface area contributed by atoms with E-state index in [1.54, 1.807) is 4.90 Å². The van der Waals surface area contributed by atoms with Crippen LogP contribution in [0.4, 0.5) is 0 Å². The molecule has 2 amide bonds. The number of hydrogen-bond acceptors (Lipinski definition) is 3. The Hall–Kier alpha value is -1.10. The fourth-order valence-electron chi connectivity index (χ4n) is 2.30. The molecule has 5 heteroatoms. The van der Waals surface area contributed by atoms with Crippen molar-refractivity contribution in [2.24, 2.45) is 0 Å². The number of amides is 2. The maximum Gasteiger partial charge on any atom is 0.240 e. The molecule has 1 aliphatic heterocycles. The number of carbonyl (C=O) groups excluding carboxylic acids is 2. The molecule has 0 aromatic heterocycles. The second-order valence-corrected chi connectivity index (χ2v) is 4.93. The fourth-order valence-corrected chi connectivity index (χ4v) is 2.30. The van der Waals surface area contributed by atoms with E-state index < -0.39 is 5.54 Å². The van der Waals surface area contributed by atoms with Crippen LogP contribution < -0.4 is 10.6 Å². The highest BCUT2D eigenvalue weighted by molar-refractivity contribution is 5.86. The van der Waals surface area contributed by atoms with Gasteiger partial charge in [-0.3, -0.25) is 9.59 Å². The minimum Gasteiger partial charge on any atom is -0.354 e. The summed E-state index contributed by atoms with van der Waals surface area (Å²) in [6.45, 7) is 8.60. The predicted octanol–water partition coefficient (Wildman–Crippen LogP) is 0.503. The lowest BCUT2D eigenvalue weighted by Gasteiger charge is -2.23. The Bertz CT molecular complexity index is 295. The van der Waals surface area contributed by atoms with Crippen LogP contribution in [0.5, 0.6) is 0 Å². The van der Waals surface area contributed by atoms with E-state index in [2.05, 4.69) is 10.6 Å². The van der Waals surface area contributed by atoms with Gasteiger partial charge >= 0.3 is 0 Å². The largest absolute Gasteiger partial charge is 0.354 e. The maximum absolute atomic E-state index is 12.0. The molecule has 0 aliphatic carbocycles. The molecule has 104 valence electrons. The van der Waals surface area contributed by atoms with Crippen LogP contribution in [0.25, 0.3) is 0 Å². The normalized spacial score (nSPS) is 22.8. The summed E-state index contributed by atoms with van der Waals surface area (Å²) in [6.07, 6.45) is 2.27. The molecule has 0 spiro atoms. The van der Waals surface area contributed by atoms with Gasteiger partial charge in [0, 0.05) is 26.1 Å². The third-order valence-corrected chi connectivity index (χ3v) is 3.61. The standard InChI is InChI=1S/C13H25N3O2/c1-4-16(5-2)11(17)7-10-14-12(18)13(3)8-6-9-15-13/h15H,4-10H2,1-3H3,(H,14,18). The van der Waals surface area contributed by atoms with E-state index >= 15 is 0 Å². The minimum atomic E-state index is -0.446. The van der Waals surface area contributed by atoms with Crippen molar-refractivity contribution in [1.82, 2.24) is 15.5 Å². The van der Waals surface area contributed by atoms with E-state index in [0.717, 1.165) is 32.5 Å². The van der Waals surface area contributed by atoms with Crippen molar-refractivity contribution in [1.29, 1.82) is 0 Å². The molecule has 5 nitrogen and oxygen atoms in total. The summed E-state index contributed by atoms with van der Waals surface area (Å²) < 4.78 is 0. The van der Waals surface area contributed by atoms with Crippen LogP contribution in [0, 0.1) is 0 Å². The maximum atomic E-state index is 12.0. The van der Waals surface area contributed by atoms with Crippen molar-refractivity contribution in [3.8, 4) is 0 Å². The first-order chi connectivity index (χ1) is 8.53. The van der Waals surface area contributed by atoms with Crippen molar-refractivity contribution >= 4 is 11.8 Å². The summed E-state index contributed by atoms with van der Waals surface area (Å²) >= 11 is 0. The summed E-state index contributed by atoms with van der Waals surface area (Å²) in [5, 5.41) is 6.06. The van der Waals surface area contributed by atoms with Gasteiger partial charge < -0.3 is 15.5 Å². The summed E-state index contributed by atoms with van der Waals surface area (Å²) in [7, 11) is 0. The molecule has 1 atom stereocenters. The summed E-state index contributed by atoms with van der Waals surface area (Å²) in [4.78, 5) is 25.5. The average molecular weight is 255 g/mol. The average Bonchev–Trinajstić information content (AvgIpc) is 2.79. The van der Waals surface area contributed by atoms with Crippen LogP contribution in [-0.4, -0.2) is 48.4 Å². The monoisotopic (exact) mass is 255 g/mol. The minimum absolute atomic E-state index is 0.00680. The van der Waals surface area contributed by atoms with Crippen molar-refractivity contribution in [2.45, 2.75) is 45.6 Å². The highest BCUT2D eigenvalue weighted by atomic mass is 16.2. The lowest BCUT2D eigenvalue weighted by Crippen LogP contribution is -2.51. The fraction of sp³-hybridized carbons (Fsp3) is 0.846. The van der Waals surface area contributed by atoms with Gasteiger partial charge in [-0.25, -0.2) is 0 Å². The molecule has 0 radical (unpaired) electrons. The van der Waals surface area contributed by atoms with E-state index in [0.29, 0.717) is 13.0 Å². The van der Waals surface area contributed by atoms with Gasteiger partial charge in [0.15, 0.2) is 0 Å². The van der Waals surface area contributed by atoms with Gasteiger partial charge in [0.05, 0.1) is 5.54 Å². The molecule has 1 fully saturated rings. The highest BCUT2D eigenvalue weighted by Gasteiger charge is 2.35. The molecular weight excluding hydrogens is 230 g/mol. The Kier molecular flexibility index (Phi) is 5.59. The molecular formula is C13H25N3O2. The quantitative estimate of drug-likeness (QED) is 0.726. The number of carbonyl (C=O) groups is 2. The Morgan fingerprint density at radius 3 is 2.50 bits per heavy atom. The predicted molar refractivity (Wildman–Crippen MR) is 71.2 cm³/mol. The first-order valence-corrected chi connectivity index (χ1v) is 6.84. The summed E-state index contributed by atoms with van der Waals surface area (Å²) in [6, 6.07) is 0. The van der Waals surface area contributed by atoms with E-state index in [-0.39, 0.29) is 11.8 Å². The smallest absolute Gasteiger partial charge is 0.240 e. The molecule has 1 unspecified atom stereocenters. The van der Waals surface area contributed by atoms with Crippen LogP contribution >= 0.6 is 0 Å². The van der Waals surface area contributed by atoms with Crippen molar-refractivity contribution in [3.63, 3.8) is 0 Å². The lowest BCUT2D eigenvalue weighted by atomic mass is 9.99. The highest BCUT2D eigenvalue weighted by Crippen LogP contribution is 2.18. The Morgan fingerprint density at radius 1 is 1.33 bits per heavy atom. The zero-order chi connectivity index (χ0) is 13.6. The summed E-state index contributed by atoms with van der Waals surface area (Å²) in [5.41, 5.74) is -0.446. The molecule has 1 rings (SSSR count). The zero-order valence-corrected chi connectivity index (χ0v) is 11.7. The number of nitrogens with zero attached hydrogens (tertiary/aromatic N) is 1. The van der Waals surface area contributed by atoms with Gasteiger partial charge in [-0.2, -0.15) is 0 Å². The molecule has 0 aromatic carbocycles. The molecule has 0 bridgehead atoms. The second-order valence-electron chi connectivity index (χ2n) is 4.93. The summed E-state index contributed by atoms with van der Waals surface area (Å²) in [5.74, 6) is 0.109. The number of rotatable bonds is 6. The van der Waals surface area contributed by atoms with Crippen molar-refractivity contribution in [2.75, 3.05) is 26.2 Å². The Balaban J connectivity index is 2.29. The van der Waals surface area contributed by atoms with Gasteiger partial charge in [0.1, 0.15) is 0 Å². The van der Waals surface area contributed by atoms with Gasteiger partial charge in [-0.05, 0) is 40.2 Å². The van der Waals surface area contributed by atoms with E-state index in [1.165, 1.54) is 0 Å². The van der Waals surface area contributed by atoms with Crippen molar-refractivity contribution < 1.29 is 9.59 Å². The van der Waals surface area contributed by atoms with Gasteiger partial charge in [0.2, 0.25) is 11.8 Å². The molecule has 0 saturated carbocycles. The Morgan fingerprint density at radius 2 is 2.00 bits per heavy atom. The lowest BCUT2D eigenvalue weighted by molar-refractivity contribution is -0.131.